The van der Waals surface area contributed by atoms with Gasteiger partial charge in [-0.1, -0.05) is 6.42 Å². The molecule has 0 radical (unpaired) electrons. The van der Waals surface area contributed by atoms with Gasteiger partial charge in [0, 0.05) is 23.9 Å². The van der Waals surface area contributed by atoms with E-state index in [9.17, 15) is 0 Å². The summed E-state index contributed by atoms with van der Waals surface area (Å²) >= 11 is 1.87. The molecule has 4 nitrogen and oxygen atoms in total. The van der Waals surface area contributed by atoms with E-state index in [2.05, 4.69) is 49.5 Å². The maximum absolute atomic E-state index is 4.72. The molecule has 1 heterocycles. The van der Waals surface area contributed by atoms with E-state index in [1.807, 2.05) is 11.8 Å². The Labute approximate surface area is 171 Å². The summed E-state index contributed by atoms with van der Waals surface area (Å²) in [6.45, 7) is 14.3. The lowest BCUT2D eigenvalue weighted by atomic mass is 10.0. The van der Waals surface area contributed by atoms with E-state index in [1.165, 1.54) is 45.2 Å². The first-order chi connectivity index (χ1) is 11.0. The number of halogens is 1. The van der Waals surface area contributed by atoms with Crippen LogP contribution in [-0.4, -0.2) is 60.6 Å². The standard InChI is InChI=1S/C18H38N4S.HI/c1-6-19-17(21-15-18(3,4)23-5)20-12-8-10-14-22-13-9-7-11-16(22)2;/h16H,6-15H2,1-5H3,(H2,19,20,21);1H. The topological polar surface area (TPSA) is 39.7 Å². The summed E-state index contributed by atoms with van der Waals surface area (Å²) in [6, 6.07) is 0.782. The van der Waals surface area contributed by atoms with E-state index in [4.69, 9.17) is 4.99 Å². The number of aliphatic imine (C=N–C) groups is 1. The van der Waals surface area contributed by atoms with Gasteiger partial charge in [0.2, 0.25) is 0 Å². The van der Waals surface area contributed by atoms with E-state index < -0.39 is 0 Å². The van der Waals surface area contributed by atoms with Crippen LogP contribution in [0.25, 0.3) is 0 Å². The summed E-state index contributed by atoms with van der Waals surface area (Å²) in [5.74, 6) is 0.959. The third-order valence-corrected chi connectivity index (χ3v) is 5.85. The van der Waals surface area contributed by atoms with Gasteiger partial charge in [-0.25, -0.2) is 0 Å². The van der Waals surface area contributed by atoms with Gasteiger partial charge in [0.25, 0.3) is 0 Å². The number of thioether (sulfide) groups is 1. The molecule has 0 spiro atoms. The van der Waals surface area contributed by atoms with Gasteiger partial charge in [-0.3, -0.25) is 4.99 Å². The molecule has 1 atom stereocenters. The summed E-state index contributed by atoms with van der Waals surface area (Å²) in [5, 5.41) is 6.82. The van der Waals surface area contributed by atoms with Gasteiger partial charge in [-0.2, -0.15) is 11.8 Å². The Hall–Kier alpha value is 0.310. The Kier molecular flexibility index (Phi) is 13.7. The summed E-state index contributed by atoms with van der Waals surface area (Å²) < 4.78 is 0.201. The molecule has 0 amide bonds. The first-order valence-electron chi connectivity index (χ1n) is 9.30. The van der Waals surface area contributed by atoms with E-state index >= 15 is 0 Å². The molecule has 0 aromatic carbocycles. The Morgan fingerprint density at radius 3 is 2.62 bits per heavy atom. The van der Waals surface area contributed by atoms with Crippen molar-refractivity contribution in [3.63, 3.8) is 0 Å². The van der Waals surface area contributed by atoms with Crippen molar-refractivity contribution in [3.05, 3.63) is 0 Å². The highest BCUT2D eigenvalue weighted by atomic mass is 127. The molecule has 1 aliphatic rings. The highest BCUT2D eigenvalue weighted by molar-refractivity contribution is 14.0. The average Bonchev–Trinajstić information content (AvgIpc) is 2.54. The maximum atomic E-state index is 4.72. The van der Waals surface area contributed by atoms with E-state index in [0.717, 1.165) is 31.6 Å². The van der Waals surface area contributed by atoms with Crippen molar-refractivity contribution in [2.24, 2.45) is 4.99 Å². The average molecular weight is 471 g/mol. The summed E-state index contributed by atoms with van der Waals surface area (Å²) in [5.41, 5.74) is 0. The molecule has 1 saturated heterocycles. The minimum absolute atomic E-state index is 0. The molecule has 0 aromatic heterocycles. The van der Waals surface area contributed by atoms with Crippen molar-refractivity contribution in [3.8, 4) is 0 Å². The lowest BCUT2D eigenvalue weighted by Gasteiger charge is -2.33. The zero-order chi connectivity index (χ0) is 17.1. The van der Waals surface area contributed by atoms with Crippen LogP contribution >= 0.6 is 35.7 Å². The minimum Gasteiger partial charge on any atom is -0.357 e. The van der Waals surface area contributed by atoms with Crippen LogP contribution in [0, 0.1) is 0 Å². The second kappa shape index (κ2) is 13.5. The molecule has 24 heavy (non-hydrogen) atoms. The number of piperidine rings is 1. The zero-order valence-corrected chi connectivity index (χ0v) is 19.5. The van der Waals surface area contributed by atoms with Crippen molar-refractivity contribution in [1.29, 1.82) is 0 Å². The van der Waals surface area contributed by atoms with Crippen molar-refractivity contribution < 1.29 is 0 Å². The number of guanidine groups is 1. The van der Waals surface area contributed by atoms with Crippen LogP contribution in [-0.2, 0) is 0 Å². The SMILES string of the molecule is CCNC(=NCC(C)(C)SC)NCCCCN1CCCCC1C.I. The van der Waals surface area contributed by atoms with Gasteiger partial charge in [-0.15, -0.1) is 24.0 Å². The van der Waals surface area contributed by atoms with Gasteiger partial charge in [-0.05, 0) is 72.7 Å². The monoisotopic (exact) mass is 470 g/mol. The lowest BCUT2D eigenvalue weighted by molar-refractivity contribution is 0.158. The molecule has 6 heteroatoms. The molecule has 0 aromatic rings. The van der Waals surface area contributed by atoms with E-state index in [-0.39, 0.29) is 28.7 Å². The van der Waals surface area contributed by atoms with Gasteiger partial charge in [0.15, 0.2) is 5.96 Å². The zero-order valence-electron chi connectivity index (χ0n) is 16.4. The first-order valence-corrected chi connectivity index (χ1v) is 10.5. The Balaban J connectivity index is 0.00000529. The maximum Gasteiger partial charge on any atom is 0.191 e. The van der Waals surface area contributed by atoms with Gasteiger partial charge < -0.3 is 15.5 Å². The molecule has 1 aliphatic heterocycles. The number of nitrogens with zero attached hydrogens (tertiary/aromatic N) is 2. The summed E-state index contributed by atoms with van der Waals surface area (Å²) in [6.07, 6.45) is 8.80. The number of unbranched alkanes of at least 4 members (excludes halogenated alkanes) is 1. The van der Waals surface area contributed by atoms with Gasteiger partial charge in [0.05, 0.1) is 6.54 Å². The third-order valence-electron chi connectivity index (χ3n) is 4.62. The fourth-order valence-electron chi connectivity index (χ4n) is 2.81. The largest absolute Gasteiger partial charge is 0.357 e. The third kappa shape index (κ3) is 10.3. The quantitative estimate of drug-likeness (QED) is 0.232. The van der Waals surface area contributed by atoms with Crippen LogP contribution < -0.4 is 10.6 Å². The van der Waals surface area contributed by atoms with Crippen LogP contribution in [0.2, 0.25) is 0 Å². The molecule has 0 bridgehead atoms. The molecular weight excluding hydrogens is 431 g/mol. The molecule has 0 saturated carbocycles. The summed E-state index contributed by atoms with van der Waals surface area (Å²) in [4.78, 5) is 7.38. The van der Waals surface area contributed by atoms with Crippen molar-refractivity contribution >= 4 is 41.7 Å². The second-order valence-corrected chi connectivity index (χ2v) is 8.69. The Morgan fingerprint density at radius 1 is 1.25 bits per heavy atom. The molecule has 0 aliphatic carbocycles. The van der Waals surface area contributed by atoms with Crippen LogP contribution in [0.5, 0.6) is 0 Å². The predicted molar refractivity (Wildman–Crippen MR) is 121 cm³/mol. The van der Waals surface area contributed by atoms with E-state index in [0.29, 0.717) is 0 Å². The van der Waals surface area contributed by atoms with Crippen molar-refractivity contribution in [1.82, 2.24) is 15.5 Å². The normalized spacial score (nSPS) is 19.7. The lowest BCUT2D eigenvalue weighted by Crippen LogP contribution is -2.40. The van der Waals surface area contributed by atoms with Crippen LogP contribution in [0.15, 0.2) is 4.99 Å². The number of hydrogen-bond donors (Lipinski definition) is 2. The van der Waals surface area contributed by atoms with Gasteiger partial charge >= 0.3 is 0 Å². The first kappa shape index (κ1) is 24.3. The molecule has 1 rings (SSSR count). The van der Waals surface area contributed by atoms with Gasteiger partial charge in [0.1, 0.15) is 0 Å². The fourth-order valence-corrected chi connectivity index (χ4v) is 3.01. The Morgan fingerprint density at radius 2 is 2.00 bits per heavy atom. The van der Waals surface area contributed by atoms with Crippen LogP contribution in [0.1, 0.15) is 59.8 Å². The number of likely N-dealkylation sites (tertiary alicyclic amines) is 1. The highest BCUT2D eigenvalue weighted by Crippen LogP contribution is 2.21. The Bertz CT molecular complexity index is 350. The number of hydrogen-bond acceptors (Lipinski definition) is 3. The number of nitrogens with one attached hydrogen (secondary N) is 2. The van der Waals surface area contributed by atoms with Crippen LogP contribution in [0.3, 0.4) is 0 Å². The summed E-state index contributed by atoms with van der Waals surface area (Å²) in [7, 11) is 0. The minimum atomic E-state index is 0. The molecule has 144 valence electrons. The highest BCUT2D eigenvalue weighted by Gasteiger charge is 2.17. The molecular formula is C18H39IN4S. The van der Waals surface area contributed by atoms with Crippen molar-refractivity contribution in [2.45, 2.75) is 70.6 Å². The molecule has 2 N–H and O–H groups in total. The predicted octanol–water partition coefficient (Wildman–Crippen LogP) is 3.96. The fraction of sp³-hybridized carbons (Fsp3) is 0.944. The molecule has 1 unspecified atom stereocenters. The van der Waals surface area contributed by atoms with Crippen molar-refractivity contribution in [2.75, 3.05) is 39.0 Å². The smallest absolute Gasteiger partial charge is 0.191 e. The van der Waals surface area contributed by atoms with E-state index in [1.54, 1.807) is 0 Å². The van der Waals surface area contributed by atoms with Crippen LogP contribution in [0.4, 0.5) is 0 Å². The number of rotatable bonds is 9. The second-order valence-electron chi connectivity index (χ2n) is 7.17. The molecule has 1 fully saturated rings.